The molecule has 0 bridgehead atoms. The smallest absolute Gasteiger partial charge is 0.0115 e. The fraction of sp³-hybridized carbons (Fsp3) is 0.714. The molecule has 1 aromatic rings. The molecule has 2 unspecified atom stereocenters. The molecule has 0 aliphatic rings. The van der Waals surface area contributed by atoms with Gasteiger partial charge < -0.3 is 5.32 Å². The molecule has 1 rings (SSSR count). The van der Waals surface area contributed by atoms with E-state index in [1.807, 2.05) is 11.3 Å². The molecule has 0 fully saturated rings. The van der Waals surface area contributed by atoms with Crippen LogP contribution in [0.3, 0.4) is 0 Å². The summed E-state index contributed by atoms with van der Waals surface area (Å²) in [4.78, 5) is 1.50. The van der Waals surface area contributed by atoms with E-state index in [1.54, 1.807) is 0 Å². The minimum absolute atomic E-state index is 0.631. The molecular weight excluding hydrogens is 214 g/mol. The van der Waals surface area contributed by atoms with Crippen LogP contribution >= 0.6 is 11.3 Å². The highest BCUT2D eigenvalue weighted by atomic mass is 32.1. The molecule has 2 atom stereocenters. The minimum Gasteiger partial charge on any atom is -0.311 e. The van der Waals surface area contributed by atoms with E-state index in [4.69, 9.17) is 0 Å². The van der Waals surface area contributed by atoms with E-state index < -0.39 is 0 Å². The van der Waals surface area contributed by atoms with Crippen molar-refractivity contribution in [1.82, 2.24) is 5.32 Å². The lowest BCUT2D eigenvalue weighted by Gasteiger charge is -2.26. The lowest BCUT2D eigenvalue weighted by molar-refractivity contribution is 0.336. The molecule has 92 valence electrons. The fourth-order valence-corrected chi connectivity index (χ4v) is 2.86. The molecule has 0 aliphatic heterocycles. The SMILES string of the molecule is CCC(Cc1cccs1)NC(CC)C(C)C. The van der Waals surface area contributed by atoms with E-state index in [1.165, 1.54) is 24.1 Å². The lowest BCUT2D eigenvalue weighted by Crippen LogP contribution is -2.41. The lowest BCUT2D eigenvalue weighted by atomic mass is 9.99. The van der Waals surface area contributed by atoms with Crippen LogP contribution in [0, 0.1) is 5.92 Å². The molecule has 1 heterocycles. The van der Waals surface area contributed by atoms with Crippen LogP contribution in [0.5, 0.6) is 0 Å². The van der Waals surface area contributed by atoms with E-state index in [0.29, 0.717) is 12.1 Å². The van der Waals surface area contributed by atoms with Crippen LogP contribution in [-0.4, -0.2) is 12.1 Å². The Morgan fingerprint density at radius 1 is 1.25 bits per heavy atom. The van der Waals surface area contributed by atoms with Crippen molar-refractivity contribution in [3.63, 3.8) is 0 Å². The maximum absolute atomic E-state index is 3.80. The van der Waals surface area contributed by atoms with Crippen molar-refractivity contribution in [2.45, 2.75) is 59.0 Å². The fourth-order valence-electron chi connectivity index (χ4n) is 2.08. The van der Waals surface area contributed by atoms with Gasteiger partial charge in [-0.15, -0.1) is 11.3 Å². The summed E-state index contributed by atoms with van der Waals surface area (Å²) >= 11 is 1.87. The van der Waals surface area contributed by atoms with Gasteiger partial charge in [0.1, 0.15) is 0 Å². The van der Waals surface area contributed by atoms with Gasteiger partial charge in [-0.3, -0.25) is 0 Å². The Morgan fingerprint density at radius 2 is 2.00 bits per heavy atom. The van der Waals surface area contributed by atoms with Crippen LogP contribution in [0.4, 0.5) is 0 Å². The predicted molar refractivity (Wildman–Crippen MR) is 74.2 cm³/mol. The van der Waals surface area contributed by atoms with Gasteiger partial charge in [0.25, 0.3) is 0 Å². The molecule has 1 nitrogen and oxygen atoms in total. The monoisotopic (exact) mass is 239 g/mol. The van der Waals surface area contributed by atoms with E-state index in [-0.39, 0.29) is 0 Å². The van der Waals surface area contributed by atoms with Crippen LogP contribution in [0.25, 0.3) is 0 Å². The summed E-state index contributed by atoms with van der Waals surface area (Å²) in [5.41, 5.74) is 0. The van der Waals surface area contributed by atoms with E-state index in [0.717, 1.165) is 5.92 Å². The standard InChI is InChI=1S/C14H25NS/c1-5-12(10-13-8-7-9-16-13)15-14(6-2)11(3)4/h7-9,11-12,14-15H,5-6,10H2,1-4H3. The summed E-state index contributed by atoms with van der Waals surface area (Å²) in [7, 11) is 0. The van der Waals surface area contributed by atoms with Gasteiger partial charge >= 0.3 is 0 Å². The molecule has 1 aromatic heterocycles. The topological polar surface area (TPSA) is 12.0 Å². The summed E-state index contributed by atoms with van der Waals surface area (Å²) in [5, 5.41) is 5.97. The first-order valence-corrected chi connectivity index (χ1v) is 7.33. The highest BCUT2D eigenvalue weighted by Gasteiger charge is 2.16. The third kappa shape index (κ3) is 4.26. The molecule has 2 heteroatoms. The van der Waals surface area contributed by atoms with Gasteiger partial charge in [-0.25, -0.2) is 0 Å². The second kappa shape index (κ2) is 7.08. The largest absolute Gasteiger partial charge is 0.311 e. The number of nitrogens with one attached hydrogen (secondary N) is 1. The van der Waals surface area contributed by atoms with Crippen molar-refractivity contribution in [2.24, 2.45) is 5.92 Å². The number of hydrogen-bond donors (Lipinski definition) is 1. The third-order valence-corrected chi connectivity index (χ3v) is 4.11. The predicted octanol–water partition coefficient (Wildman–Crippen LogP) is 4.09. The molecule has 16 heavy (non-hydrogen) atoms. The summed E-state index contributed by atoms with van der Waals surface area (Å²) in [6.45, 7) is 9.16. The van der Waals surface area contributed by atoms with Gasteiger partial charge in [0.15, 0.2) is 0 Å². The van der Waals surface area contributed by atoms with Crippen LogP contribution in [0.2, 0.25) is 0 Å². The highest BCUT2D eigenvalue weighted by molar-refractivity contribution is 7.09. The number of rotatable bonds is 7. The molecule has 0 saturated carbocycles. The zero-order valence-electron chi connectivity index (χ0n) is 11.0. The van der Waals surface area contributed by atoms with Gasteiger partial charge in [-0.05, 0) is 36.6 Å². The molecule has 0 aromatic carbocycles. The highest BCUT2D eigenvalue weighted by Crippen LogP contribution is 2.15. The van der Waals surface area contributed by atoms with Crippen molar-refractivity contribution in [3.8, 4) is 0 Å². The van der Waals surface area contributed by atoms with Crippen molar-refractivity contribution < 1.29 is 0 Å². The molecular formula is C14H25NS. The summed E-state index contributed by atoms with van der Waals surface area (Å²) in [6, 6.07) is 5.67. The Hall–Kier alpha value is -0.340. The Labute approximate surface area is 104 Å². The Morgan fingerprint density at radius 3 is 2.44 bits per heavy atom. The van der Waals surface area contributed by atoms with Crippen molar-refractivity contribution >= 4 is 11.3 Å². The van der Waals surface area contributed by atoms with Crippen LogP contribution in [0.15, 0.2) is 17.5 Å². The average molecular weight is 239 g/mol. The zero-order valence-corrected chi connectivity index (χ0v) is 11.8. The second-order valence-electron chi connectivity index (χ2n) is 4.81. The minimum atomic E-state index is 0.631. The van der Waals surface area contributed by atoms with E-state index in [9.17, 15) is 0 Å². The van der Waals surface area contributed by atoms with Crippen LogP contribution in [-0.2, 0) is 6.42 Å². The van der Waals surface area contributed by atoms with Crippen LogP contribution in [0.1, 0.15) is 45.4 Å². The van der Waals surface area contributed by atoms with Crippen molar-refractivity contribution in [3.05, 3.63) is 22.4 Å². The third-order valence-electron chi connectivity index (χ3n) is 3.21. The Kier molecular flexibility index (Phi) is 6.07. The molecule has 0 aliphatic carbocycles. The van der Waals surface area contributed by atoms with Crippen LogP contribution < -0.4 is 5.32 Å². The molecule has 1 N–H and O–H groups in total. The molecule has 0 amide bonds. The number of thiophene rings is 1. The molecule has 0 saturated heterocycles. The van der Waals surface area contributed by atoms with Gasteiger partial charge in [0, 0.05) is 17.0 Å². The average Bonchev–Trinajstić information content (AvgIpc) is 2.76. The number of hydrogen-bond acceptors (Lipinski definition) is 2. The van der Waals surface area contributed by atoms with Gasteiger partial charge in [-0.1, -0.05) is 33.8 Å². The normalized spacial score (nSPS) is 15.3. The molecule has 0 radical (unpaired) electrons. The van der Waals surface area contributed by atoms with E-state index >= 15 is 0 Å². The maximum atomic E-state index is 3.80. The first-order chi connectivity index (χ1) is 7.67. The Bertz CT molecular complexity index is 266. The summed E-state index contributed by atoms with van der Waals surface area (Å²) < 4.78 is 0. The first-order valence-electron chi connectivity index (χ1n) is 6.45. The quantitative estimate of drug-likeness (QED) is 0.755. The van der Waals surface area contributed by atoms with Crippen molar-refractivity contribution in [2.75, 3.05) is 0 Å². The first kappa shape index (κ1) is 13.7. The summed E-state index contributed by atoms with van der Waals surface area (Å²) in [6.07, 6.45) is 3.61. The van der Waals surface area contributed by atoms with Gasteiger partial charge in [0.05, 0.1) is 0 Å². The van der Waals surface area contributed by atoms with Gasteiger partial charge in [-0.2, -0.15) is 0 Å². The van der Waals surface area contributed by atoms with E-state index in [2.05, 4.69) is 50.5 Å². The zero-order chi connectivity index (χ0) is 12.0. The van der Waals surface area contributed by atoms with Gasteiger partial charge in [0.2, 0.25) is 0 Å². The maximum Gasteiger partial charge on any atom is 0.0115 e. The molecule has 0 spiro atoms. The van der Waals surface area contributed by atoms with Crippen molar-refractivity contribution in [1.29, 1.82) is 0 Å². The Balaban J connectivity index is 2.48. The summed E-state index contributed by atoms with van der Waals surface area (Å²) in [5.74, 6) is 0.724. The second-order valence-corrected chi connectivity index (χ2v) is 5.85.